The first-order valence-electron chi connectivity index (χ1n) is 5.81. The van der Waals surface area contributed by atoms with Crippen LogP contribution in [0.1, 0.15) is 5.56 Å². The fourth-order valence-corrected chi connectivity index (χ4v) is 1.66. The Morgan fingerprint density at radius 1 is 1.10 bits per heavy atom. The number of anilines is 1. The molecule has 0 aromatic heterocycles. The first-order chi connectivity index (χ1) is 9.65. The summed E-state index contributed by atoms with van der Waals surface area (Å²) in [5.74, 6) is -1.36. The number of hydrogen-bond donors (Lipinski definition) is 1. The molecule has 0 heterocycles. The second-order valence-electron chi connectivity index (χ2n) is 3.93. The standard InChI is InChI=1S/C15H11ClF2N2/c16-12(8-11-4-2-1-3-5-11)10-19-20-15-7-6-13(17)9-14(15)18/h1-10,20H. The maximum Gasteiger partial charge on any atom is 0.151 e. The van der Waals surface area contributed by atoms with Gasteiger partial charge in [-0.1, -0.05) is 41.9 Å². The summed E-state index contributed by atoms with van der Waals surface area (Å²) in [6.45, 7) is 0. The van der Waals surface area contributed by atoms with Crippen LogP contribution in [0.4, 0.5) is 14.5 Å². The second-order valence-corrected chi connectivity index (χ2v) is 4.37. The third kappa shape index (κ3) is 4.17. The topological polar surface area (TPSA) is 24.4 Å². The molecule has 0 radical (unpaired) electrons. The Morgan fingerprint density at radius 3 is 2.55 bits per heavy atom. The SMILES string of the molecule is Fc1ccc(NN=CC(Cl)=Cc2ccccc2)c(F)c1. The fraction of sp³-hybridized carbons (Fsp3) is 0. The summed E-state index contributed by atoms with van der Waals surface area (Å²) in [7, 11) is 0. The summed E-state index contributed by atoms with van der Waals surface area (Å²) in [5.41, 5.74) is 3.46. The fourth-order valence-electron chi connectivity index (χ4n) is 1.49. The highest BCUT2D eigenvalue weighted by molar-refractivity contribution is 6.41. The van der Waals surface area contributed by atoms with Gasteiger partial charge >= 0.3 is 0 Å². The van der Waals surface area contributed by atoms with E-state index in [9.17, 15) is 8.78 Å². The van der Waals surface area contributed by atoms with Crippen molar-refractivity contribution in [2.24, 2.45) is 5.10 Å². The normalized spacial score (nSPS) is 11.8. The predicted molar refractivity (Wildman–Crippen MR) is 78.7 cm³/mol. The molecule has 0 spiro atoms. The first-order valence-corrected chi connectivity index (χ1v) is 6.19. The molecular formula is C15H11ClF2N2. The van der Waals surface area contributed by atoms with Gasteiger partial charge in [0, 0.05) is 6.07 Å². The van der Waals surface area contributed by atoms with Crippen molar-refractivity contribution in [2.45, 2.75) is 0 Å². The minimum atomic E-state index is -0.717. The van der Waals surface area contributed by atoms with Crippen LogP contribution < -0.4 is 5.43 Å². The van der Waals surface area contributed by atoms with E-state index in [1.54, 1.807) is 6.08 Å². The zero-order chi connectivity index (χ0) is 14.4. The van der Waals surface area contributed by atoms with E-state index in [4.69, 9.17) is 11.6 Å². The van der Waals surface area contributed by atoms with E-state index in [0.29, 0.717) is 5.03 Å². The van der Waals surface area contributed by atoms with E-state index in [0.717, 1.165) is 17.7 Å². The highest BCUT2D eigenvalue weighted by Gasteiger charge is 2.01. The summed E-state index contributed by atoms with van der Waals surface area (Å²) < 4.78 is 26.0. The molecule has 1 N–H and O–H groups in total. The molecule has 0 saturated heterocycles. The molecule has 2 rings (SSSR count). The Bertz CT molecular complexity index is 640. The average Bonchev–Trinajstić information content (AvgIpc) is 2.42. The van der Waals surface area contributed by atoms with Crippen molar-refractivity contribution in [2.75, 3.05) is 5.43 Å². The molecule has 2 aromatic carbocycles. The van der Waals surface area contributed by atoms with Gasteiger partial charge in [0.25, 0.3) is 0 Å². The monoisotopic (exact) mass is 292 g/mol. The van der Waals surface area contributed by atoms with Crippen LogP contribution in [0.5, 0.6) is 0 Å². The molecule has 0 aliphatic heterocycles. The second kappa shape index (κ2) is 6.82. The smallest absolute Gasteiger partial charge is 0.151 e. The van der Waals surface area contributed by atoms with Crippen LogP contribution >= 0.6 is 11.6 Å². The molecule has 0 bridgehead atoms. The van der Waals surface area contributed by atoms with Crippen LogP contribution in [0.2, 0.25) is 0 Å². The molecule has 0 aliphatic rings. The van der Waals surface area contributed by atoms with Crippen molar-refractivity contribution in [1.29, 1.82) is 0 Å². The Balaban J connectivity index is 2.01. The molecular weight excluding hydrogens is 282 g/mol. The molecule has 2 aromatic rings. The zero-order valence-electron chi connectivity index (χ0n) is 10.4. The predicted octanol–water partition coefficient (Wildman–Crippen LogP) is 4.64. The lowest BCUT2D eigenvalue weighted by molar-refractivity contribution is 0.585. The largest absolute Gasteiger partial charge is 0.275 e. The molecule has 5 heteroatoms. The van der Waals surface area contributed by atoms with Crippen LogP contribution in [0, 0.1) is 11.6 Å². The van der Waals surface area contributed by atoms with Gasteiger partial charge in [-0.3, -0.25) is 5.43 Å². The van der Waals surface area contributed by atoms with E-state index in [2.05, 4.69) is 10.5 Å². The number of benzene rings is 2. The van der Waals surface area contributed by atoms with Crippen molar-refractivity contribution in [3.63, 3.8) is 0 Å². The lowest BCUT2D eigenvalue weighted by atomic mass is 10.2. The Hall–Kier alpha value is -2.20. The molecule has 0 unspecified atom stereocenters. The highest BCUT2D eigenvalue weighted by atomic mass is 35.5. The summed E-state index contributed by atoms with van der Waals surface area (Å²) in [6, 6.07) is 12.6. The minimum Gasteiger partial charge on any atom is -0.275 e. The van der Waals surface area contributed by atoms with E-state index < -0.39 is 11.6 Å². The summed E-state index contributed by atoms with van der Waals surface area (Å²) in [4.78, 5) is 0. The maximum absolute atomic E-state index is 13.3. The number of halogens is 3. The number of rotatable bonds is 4. The van der Waals surface area contributed by atoms with Gasteiger partial charge in [0.15, 0.2) is 5.82 Å². The summed E-state index contributed by atoms with van der Waals surface area (Å²) in [5, 5.41) is 4.17. The maximum atomic E-state index is 13.3. The van der Waals surface area contributed by atoms with E-state index in [1.807, 2.05) is 30.3 Å². The minimum absolute atomic E-state index is 0.0758. The molecule has 0 amide bonds. The van der Waals surface area contributed by atoms with Crippen molar-refractivity contribution >= 4 is 29.6 Å². The van der Waals surface area contributed by atoms with Gasteiger partial charge in [-0.15, -0.1) is 0 Å². The van der Waals surface area contributed by atoms with Crippen molar-refractivity contribution in [3.05, 3.63) is 70.8 Å². The lowest BCUT2D eigenvalue weighted by Crippen LogP contribution is -1.93. The van der Waals surface area contributed by atoms with Crippen molar-refractivity contribution < 1.29 is 8.78 Å². The lowest BCUT2D eigenvalue weighted by Gasteiger charge is -2.01. The van der Waals surface area contributed by atoms with Gasteiger partial charge in [0.05, 0.1) is 16.9 Å². The van der Waals surface area contributed by atoms with Crippen LogP contribution in [-0.2, 0) is 0 Å². The molecule has 0 aliphatic carbocycles. The summed E-state index contributed by atoms with van der Waals surface area (Å²) in [6.07, 6.45) is 3.06. The van der Waals surface area contributed by atoms with Crippen LogP contribution in [0.3, 0.4) is 0 Å². The van der Waals surface area contributed by atoms with Gasteiger partial charge in [-0.25, -0.2) is 8.78 Å². The number of hydrogen-bond acceptors (Lipinski definition) is 2. The van der Waals surface area contributed by atoms with Crippen LogP contribution in [0.25, 0.3) is 6.08 Å². The average molecular weight is 293 g/mol. The Kier molecular flexibility index (Phi) is 4.85. The summed E-state index contributed by atoms with van der Waals surface area (Å²) >= 11 is 5.96. The quantitative estimate of drug-likeness (QED) is 0.644. The van der Waals surface area contributed by atoms with Gasteiger partial charge < -0.3 is 0 Å². The molecule has 0 atom stereocenters. The van der Waals surface area contributed by atoms with E-state index in [-0.39, 0.29) is 5.69 Å². The molecule has 0 fully saturated rings. The highest BCUT2D eigenvalue weighted by Crippen LogP contribution is 2.15. The van der Waals surface area contributed by atoms with Crippen molar-refractivity contribution in [1.82, 2.24) is 0 Å². The number of allylic oxidation sites excluding steroid dienone is 1. The van der Waals surface area contributed by atoms with Gasteiger partial charge in [-0.2, -0.15) is 5.10 Å². The van der Waals surface area contributed by atoms with Gasteiger partial charge in [0.1, 0.15) is 5.82 Å². The van der Waals surface area contributed by atoms with E-state index in [1.165, 1.54) is 12.3 Å². The first kappa shape index (κ1) is 14.2. The number of hydrazone groups is 1. The van der Waals surface area contributed by atoms with Crippen LogP contribution in [-0.4, -0.2) is 6.21 Å². The Morgan fingerprint density at radius 2 is 1.85 bits per heavy atom. The zero-order valence-corrected chi connectivity index (χ0v) is 11.1. The molecule has 0 saturated carbocycles. The van der Waals surface area contributed by atoms with Crippen LogP contribution in [0.15, 0.2) is 58.7 Å². The molecule has 20 heavy (non-hydrogen) atoms. The molecule has 102 valence electrons. The number of nitrogens with zero attached hydrogens (tertiary/aromatic N) is 1. The van der Waals surface area contributed by atoms with Gasteiger partial charge in [-0.05, 0) is 23.8 Å². The Labute approximate surface area is 120 Å². The van der Waals surface area contributed by atoms with E-state index >= 15 is 0 Å². The third-order valence-electron chi connectivity index (χ3n) is 2.41. The third-order valence-corrected chi connectivity index (χ3v) is 2.61. The van der Waals surface area contributed by atoms with Crippen molar-refractivity contribution in [3.8, 4) is 0 Å². The molecule has 2 nitrogen and oxygen atoms in total. The van der Waals surface area contributed by atoms with Gasteiger partial charge in [0.2, 0.25) is 0 Å². The number of nitrogens with one attached hydrogen (secondary N) is 1.